The van der Waals surface area contributed by atoms with Gasteiger partial charge in [-0.1, -0.05) is 28.8 Å². The zero-order valence-electron chi connectivity index (χ0n) is 12.5. The predicted octanol–water partition coefficient (Wildman–Crippen LogP) is 2.81. The average molecular weight is 346 g/mol. The van der Waals surface area contributed by atoms with Crippen LogP contribution in [-0.2, 0) is 4.74 Å². The SMILES string of the molecule is OC12CCCCC1CN(CC1(CBr)CCOCC1)CC2. The minimum atomic E-state index is -0.341. The minimum Gasteiger partial charge on any atom is -0.390 e. The van der Waals surface area contributed by atoms with Gasteiger partial charge in [-0.2, -0.15) is 0 Å². The number of piperidine rings is 1. The van der Waals surface area contributed by atoms with E-state index >= 15 is 0 Å². The molecule has 0 bridgehead atoms. The molecular weight excluding hydrogens is 318 g/mol. The fourth-order valence-corrected chi connectivity index (χ4v) is 5.13. The van der Waals surface area contributed by atoms with Gasteiger partial charge >= 0.3 is 0 Å². The van der Waals surface area contributed by atoms with Gasteiger partial charge in [-0.3, -0.25) is 0 Å². The topological polar surface area (TPSA) is 32.7 Å². The van der Waals surface area contributed by atoms with E-state index < -0.39 is 0 Å². The second kappa shape index (κ2) is 6.23. The summed E-state index contributed by atoms with van der Waals surface area (Å²) in [5.74, 6) is 0.511. The van der Waals surface area contributed by atoms with Gasteiger partial charge in [0.2, 0.25) is 0 Å². The number of nitrogens with zero attached hydrogens (tertiary/aromatic N) is 1. The predicted molar refractivity (Wildman–Crippen MR) is 84.2 cm³/mol. The Morgan fingerprint density at radius 2 is 1.95 bits per heavy atom. The maximum Gasteiger partial charge on any atom is 0.0700 e. The molecule has 0 aromatic heterocycles. The third-order valence-electron chi connectivity index (χ3n) is 5.91. The smallest absolute Gasteiger partial charge is 0.0700 e. The van der Waals surface area contributed by atoms with Gasteiger partial charge in [0.1, 0.15) is 0 Å². The highest BCUT2D eigenvalue weighted by Gasteiger charge is 2.44. The quantitative estimate of drug-likeness (QED) is 0.798. The van der Waals surface area contributed by atoms with E-state index in [2.05, 4.69) is 20.8 Å². The normalized spacial score (nSPS) is 38.4. The Morgan fingerprint density at radius 1 is 1.15 bits per heavy atom. The molecule has 3 fully saturated rings. The first-order valence-electron chi connectivity index (χ1n) is 8.24. The van der Waals surface area contributed by atoms with Gasteiger partial charge in [-0.05, 0) is 37.5 Å². The molecule has 1 aliphatic carbocycles. The fourth-order valence-electron chi connectivity index (χ4n) is 4.40. The molecule has 0 amide bonds. The van der Waals surface area contributed by atoms with E-state index in [0.29, 0.717) is 11.3 Å². The second-order valence-electron chi connectivity index (χ2n) is 7.28. The lowest BCUT2D eigenvalue weighted by Gasteiger charge is -2.50. The summed E-state index contributed by atoms with van der Waals surface area (Å²) >= 11 is 3.74. The molecule has 20 heavy (non-hydrogen) atoms. The highest BCUT2D eigenvalue weighted by Crippen LogP contribution is 2.41. The molecule has 2 aliphatic heterocycles. The van der Waals surface area contributed by atoms with E-state index in [9.17, 15) is 5.11 Å². The summed E-state index contributed by atoms with van der Waals surface area (Å²) in [7, 11) is 0. The van der Waals surface area contributed by atoms with Crippen molar-refractivity contribution in [3.63, 3.8) is 0 Å². The third-order valence-corrected chi connectivity index (χ3v) is 7.10. The lowest BCUT2D eigenvalue weighted by atomic mass is 9.70. The molecule has 0 spiro atoms. The summed E-state index contributed by atoms with van der Waals surface area (Å²) in [4.78, 5) is 2.62. The Bertz CT molecular complexity index is 332. The summed E-state index contributed by atoms with van der Waals surface area (Å²) in [5.41, 5.74) is 0.0500. The number of hydrogen-bond acceptors (Lipinski definition) is 3. The van der Waals surface area contributed by atoms with Gasteiger partial charge in [-0.15, -0.1) is 0 Å². The second-order valence-corrected chi connectivity index (χ2v) is 7.84. The summed E-state index contributed by atoms with van der Waals surface area (Å²) in [6.45, 7) is 5.17. The zero-order chi connectivity index (χ0) is 14.1. The van der Waals surface area contributed by atoms with Crippen molar-refractivity contribution in [1.29, 1.82) is 0 Å². The Kier molecular flexibility index (Phi) is 4.76. The van der Waals surface area contributed by atoms with Crippen molar-refractivity contribution in [3.05, 3.63) is 0 Å². The molecule has 3 aliphatic rings. The summed E-state index contributed by atoms with van der Waals surface area (Å²) in [6.07, 6.45) is 8.09. The van der Waals surface area contributed by atoms with E-state index in [1.54, 1.807) is 0 Å². The van der Waals surface area contributed by atoms with E-state index in [4.69, 9.17) is 4.74 Å². The van der Waals surface area contributed by atoms with Crippen LogP contribution in [-0.4, -0.2) is 53.8 Å². The first kappa shape index (κ1) is 15.3. The maximum atomic E-state index is 10.8. The average Bonchev–Trinajstić information content (AvgIpc) is 2.48. The Balaban J connectivity index is 1.61. The number of alkyl halides is 1. The molecule has 0 radical (unpaired) electrons. The molecule has 3 nitrogen and oxygen atoms in total. The van der Waals surface area contributed by atoms with Crippen LogP contribution in [0.2, 0.25) is 0 Å². The highest BCUT2D eigenvalue weighted by molar-refractivity contribution is 9.09. The molecular formula is C16H28BrNO2. The van der Waals surface area contributed by atoms with Crippen LogP contribution in [0.15, 0.2) is 0 Å². The lowest BCUT2D eigenvalue weighted by Crippen LogP contribution is -2.55. The number of rotatable bonds is 3. The number of fused-ring (bicyclic) bond motifs is 1. The Morgan fingerprint density at radius 3 is 2.70 bits per heavy atom. The van der Waals surface area contributed by atoms with Crippen LogP contribution in [0.4, 0.5) is 0 Å². The molecule has 1 N–H and O–H groups in total. The van der Waals surface area contributed by atoms with E-state index in [0.717, 1.165) is 44.5 Å². The molecule has 4 heteroatoms. The summed E-state index contributed by atoms with van der Waals surface area (Å²) in [5, 5.41) is 11.9. The van der Waals surface area contributed by atoms with Gasteiger partial charge in [0.05, 0.1) is 5.60 Å². The van der Waals surface area contributed by atoms with Gasteiger partial charge in [0, 0.05) is 44.1 Å². The first-order valence-corrected chi connectivity index (χ1v) is 9.36. The van der Waals surface area contributed by atoms with Crippen LogP contribution >= 0.6 is 15.9 Å². The zero-order valence-corrected chi connectivity index (χ0v) is 14.0. The number of halogens is 1. The van der Waals surface area contributed by atoms with E-state index in [-0.39, 0.29) is 5.60 Å². The van der Waals surface area contributed by atoms with Crippen molar-refractivity contribution in [2.45, 2.75) is 50.5 Å². The van der Waals surface area contributed by atoms with Crippen LogP contribution in [0.3, 0.4) is 0 Å². The number of likely N-dealkylation sites (tertiary alicyclic amines) is 1. The van der Waals surface area contributed by atoms with Crippen LogP contribution in [0.1, 0.15) is 44.9 Å². The molecule has 2 atom stereocenters. The van der Waals surface area contributed by atoms with Crippen LogP contribution in [0, 0.1) is 11.3 Å². The standard InChI is InChI=1S/C16H28BrNO2/c17-12-15(6-9-20-10-7-15)13-18-8-5-16(19)4-2-1-3-14(16)11-18/h14,19H,1-13H2. The Labute approximate surface area is 131 Å². The molecule has 116 valence electrons. The fraction of sp³-hybridized carbons (Fsp3) is 1.00. The number of aliphatic hydroxyl groups is 1. The minimum absolute atomic E-state index is 0.341. The molecule has 0 aromatic carbocycles. The lowest BCUT2D eigenvalue weighted by molar-refractivity contribution is -0.104. The highest BCUT2D eigenvalue weighted by atomic mass is 79.9. The monoisotopic (exact) mass is 345 g/mol. The number of hydrogen-bond donors (Lipinski definition) is 1. The Hall–Kier alpha value is 0.360. The first-order chi connectivity index (χ1) is 9.66. The third kappa shape index (κ3) is 3.08. The molecule has 0 aromatic rings. The van der Waals surface area contributed by atoms with Crippen LogP contribution < -0.4 is 0 Å². The van der Waals surface area contributed by atoms with E-state index in [1.807, 2.05) is 0 Å². The number of ether oxygens (including phenoxy) is 1. The van der Waals surface area contributed by atoms with Crippen LogP contribution in [0.25, 0.3) is 0 Å². The van der Waals surface area contributed by atoms with Gasteiger partial charge in [0.15, 0.2) is 0 Å². The van der Waals surface area contributed by atoms with Crippen molar-refractivity contribution in [2.75, 3.05) is 38.2 Å². The van der Waals surface area contributed by atoms with Crippen molar-refractivity contribution in [1.82, 2.24) is 4.90 Å². The van der Waals surface area contributed by atoms with Crippen molar-refractivity contribution in [3.8, 4) is 0 Å². The van der Waals surface area contributed by atoms with Crippen LogP contribution in [0.5, 0.6) is 0 Å². The molecule has 2 heterocycles. The molecule has 2 saturated heterocycles. The molecule has 2 unspecified atom stereocenters. The van der Waals surface area contributed by atoms with Crippen molar-refractivity contribution < 1.29 is 9.84 Å². The molecule has 1 saturated carbocycles. The van der Waals surface area contributed by atoms with Gasteiger partial charge in [-0.25, -0.2) is 0 Å². The van der Waals surface area contributed by atoms with Crippen molar-refractivity contribution >= 4 is 15.9 Å². The van der Waals surface area contributed by atoms with Gasteiger partial charge < -0.3 is 14.7 Å². The van der Waals surface area contributed by atoms with Gasteiger partial charge in [0.25, 0.3) is 0 Å². The summed E-state index contributed by atoms with van der Waals surface area (Å²) in [6, 6.07) is 0. The molecule has 3 rings (SSSR count). The van der Waals surface area contributed by atoms with Crippen molar-refractivity contribution in [2.24, 2.45) is 11.3 Å². The summed E-state index contributed by atoms with van der Waals surface area (Å²) < 4.78 is 5.54. The largest absolute Gasteiger partial charge is 0.390 e. The van der Waals surface area contributed by atoms with E-state index in [1.165, 1.54) is 38.6 Å². The maximum absolute atomic E-state index is 10.8.